The maximum atomic E-state index is 12.2. The highest BCUT2D eigenvalue weighted by Gasteiger charge is 2.16. The molecule has 2 heterocycles. The van der Waals surface area contributed by atoms with Gasteiger partial charge in [0.25, 0.3) is 0 Å². The van der Waals surface area contributed by atoms with Crippen LogP contribution in [0.3, 0.4) is 0 Å². The van der Waals surface area contributed by atoms with Crippen LogP contribution in [0.1, 0.15) is 18.2 Å². The number of rotatable bonds is 6. The van der Waals surface area contributed by atoms with E-state index >= 15 is 0 Å². The molecule has 0 fully saturated rings. The fraction of sp³-hybridized carbons (Fsp3) is 0.333. The van der Waals surface area contributed by atoms with Gasteiger partial charge in [0.2, 0.25) is 10.0 Å². The zero-order valence-electron chi connectivity index (χ0n) is 11.9. The quantitative estimate of drug-likeness (QED) is 0.516. The summed E-state index contributed by atoms with van der Waals surface area (Å²) in [5, 5.41) is 4.28. The van der Waals surface area contributed by atoms with Gasteiger partial charge in [0.1, 0.15) is 5.82 Å². The minimum atomic E-state index is -3.63. The zero-order valence-corrected chi connectivity index (χ0v) is 12.7. The normalized spacial score (nSPS) is 11.6. The minimum Gasteiger partial charge on any atom is -0.308 e. The second-order valence-corrected chi connectivity index (χ2v) is 6.24. The topological polar surface area (TPSA) is 115 Å². The van der Waals surface area contributed by atoms with Crippen molar-refractivity contribution in [2.75, 3.05) is 5.43 Å². The van der Waals surface area contributed by atoms with Crippen molar-refractivity contribution < 1.29 is 8.42 Å². The average molecular weight is 310 g/mol. The van der Waals surface area contributed by atoms with Gasteiger partial charge < -0.3 is 5.43 Å². The summed E-state index contributed by atoms with van der Waals surface area (Å²) in [6, 6.07) is 2.78. The number of nitrogens with two attached hydrogens (primary N) is 1. The van der Waals surface area contributed by atoms with E-state index < -0.39 is 10.0 Å². The summed E-state index contributed by atoms with van der Waals surface area (Å²) in [6.07, 6.45) is 3.93. The first-order valence-corrected chi connectivity index (χ1v) is 7.88. The Hall–Kier alpha value is -1.97. The van der Waals surface area contributed by atoms with Crippen LogP contribution in [0.15, 0.2) is 29.4 Å². The monoisotopic (exact) mass is 310 g/mol. The molecule has 0 radical (unpaired) electrons. The third kappa shape index (κ3) is 3.57. The van der Waals surface area contributed by atoms with Gasteiger partial charge in [-0.05, 0) is 12.5 Å². The fourth-order valence-electron chi connectivity index (χ4n) is 1.94. The molecular weight excluding hydrogens is 292 g/mol. The Morgan fingerprint density at radius 3 is 2.86 bits per heavy atom. The van der Waals surface area contributed by atoms with Crippen molar-refractivity contribution in [1.29, 1.82) is 0 Å². The predicted octanol–water partition coefficient (Wildman–Crippen LogP) is 0.142. The number of aryl methyl sites for hydroxylation is 2. The van der Waals surface area contributed by atoms with Gasteiger partial charge >= 0.3 is 0 Å². The Labute approximate surface area is 123 Å². The van der Waals surface area contributed by atoms with E-state index in [9.17, 15) is 8.42 Å². The van der Waals surface area contributed by atoms with E-state index in [1.54, 1.807) is 17.9 Å². The molecule has 4 N–H and O–H groups in total. The second-order valence-electron chi connectivity index (χ2n) is 4.47. The number of hydrazine groups is 1. The summed E-state index contributed by atoms with van der Waals surface area (Å²) in [4.78, 5) is 3.98. The molecule has 0 unspecified atom stereocenters. The van der Waals surface area contributed by atoms with E-state index in [1.807, 2.05) is 6.92 Å². The fourth-order valence-corrected chi connectivity index (χ4v) is 2.96. The molecule has 2 aromatic heterocycles. The van der Waals surface area contributed by atoms with Crippen LogP contribution in [0, 0.1) is 0 Å². The largest absolute Gasteiger partial charge is 0.308 e. The molecule has 0 spiro atoms. The predicted molar refractivity (Wildman–Crippen MR) is 78.7 cm³/mol. The maximum Gasteiger partial charge on any atom is 0.241 e. The molecule has 2 aromatic rings. The summed E-state index contributed by atoms with van der Waals surface area (Å²) in [7, 11) is -1.82. The second kappa shape index (κ2) is 6.20. The molecule has 0 saturated heterocycles. The van der Waals surface area contributed by atoms with Gasteiger partial charge in [-0.2, -0.15) is 5.10 Å². The van der Waals surface area contributed by atoms with E-state index in [2.05, 4.69) is 20.2 Å². The van der Waals surface area contributed by atoms with Gasteiger partial charge in [0.15, 0.2) is 0 Å². The van der Waals surface area contributed by atoms with Crippen molar-refractivity contribution >= 4 is 15.8 Å². The van der Waals surface area contributed by atoms with Crippen LogP contribution in [0.4, 0.5) is 5.82 Å². The van der Waals surface area contributed by atoms with Gasteiger partial charge in [-0.25, -0.2) is 24.0 Å². The van der Waals surface area contributed by atoms with Crippen LogP contribution in [-0.4, -0.2) is 23.2 Å². The number of pyridine rings is 1. The first-order chi connectivity index (χ1) is 9.96. The van der Waals surface area contributed by atoms with Gasteiger partial charge in [0.05, 0.1) is 10.6 Å². The van der Waals surface area contributed by atoms with Crippen LogP contribution < -0.4 is 16.0 Å². The summed E-state index contributed by atoms with van der Waals surface area (Å²) >= 11 is 0. The van der Waals surface area contributed by atoms with Crippen LogP contribution in [0.2, 0.25) is 0 Å². The first-order valence-electron chi connectivity index (χ1n) is 6.40. The lowest BCUT2D eigenvalue weighted by molar-refractivity contribution is 0.581. The summed E-state index contributed by atoms with van der Waals surface area (Å²) in [6.45, 7) is 2.16. The Kier molecular flexibility index (Phi) is 4.56. The summed E-state index contributed by atoms with van der Waals surface area (Å²) in [5.74, 6) is 5.51. The number of sulfonamides is 1. The molecule has 8 nitrogen and oxygen atoms in total. The summed E-state index contributed by atoms with van der Waals surface area (Å²) in [5.41, 5.74) is 4.05. The lowest BCUT2D eigenvalue weighted by atomic mass is 10.2. The van der Waals surface area contributed by atoms with Gasteiger partial charge in [-0.1, -0.05) is 6.92 Å². The third-order valence-electron chi connectivity index (χ3n) is 2.97. The number of anilines is 1. The summed E-state index contributed by atoms with van der Waals surface area (Å²) < 4.78 is 28.7. The molecule has 0 aliphatic rings. The van der Waals surface area contributed by atoms with E-state index in [0.717, 1.165) is 17.7 Å². The number of hydrogen-bond acceptors (Lipinski definition) is 6. The van der Waals surface area contributed by atoms with Crippen molar-refractivity contribution in [3.05, 3.63) is 35.8 Å². The van der Waals surface area contributed by atoms with E-state index in [1.165, 1.54) is 18.3 Å². The van der Waals surface area contributed by atoms with Crippen LogP contribution >= 0.6 is 0 Å². The highest BCUT2D eigenvalue weighted by molar-refractivity contribution is 7.89. The van der Waals surface area contributed by atoms with Gasteiger partial charge in [-0.15, -0.1) is 0 Å². The zero-order chi connectivity index (χ0) is 15.5. The van der Waals surface area contributed by atoms with Crippen molar-refractivity contribution in [1.82, 2.24) is 19.5 Å². The molecule has 21 heavy (non-hydrogen) atoms. The highest BCUT2D eigenvalue weighted by atomic mass is 32.2. The van der Waals surface area contributed by atoms with Crippen LogP contribution in [-0.2, 0) is 30.0 Å². The number of nitrogens with one attached hydrogen (secondary N) is 2. The number of nitrogens with zero attached hydrogens (tertiary/aromatic N) is 3. The van der Waals surface area contributed by atoms with Crippen LogP contribution in [0.5, 0.6) is 0 Å². The Bertz CT molecular complexity index is 725. The SMILES string of the molecule is CCc1nn(C)cc1CNS(=O)(=O)c1ccnc(NN)c1. The number of aromatic nitrogens is 3. The third-order valence-corrected chi connectivity index (χ3v) is 4.37. The molecular formula is C12H18N6O2S. The van der Waals surface area contributed by atoms with Crippen molar-refractivity contribution in [3.8, 4) is 0 Å². The Morgan fingerprint density at radius 1 is 1.43 bits per heavy atom. The molecule has 0 aliphatic carbocycles. The van der Waals surface area contributed by atoms with Crippen molar-refractivity contribution in [2.45, 2.75) is 24.8 Å². The smallest absolute Gasteiger partial charge is 0.241 e. The standard InChI is InChI=1S/C12H18N6O2S/c1-3-11-9(8-18(2)17-11)7-15-21(19,20)10-4-5-14-12(6-10)16-13/h4-6,8,15H,3,7,13H2,1-2H3,(H,14,16). The molecule has 0 aliphatic heterocycles. The number of hydrogen-bond donors (Lipinski definition) is 3. The van der Waals surface area contributed by atoms with E-state index in [-0.39, 0.29) is 17.3 Å². The molecule has 114 valence electrons. The van der Waals surface area contributed by atoms with Gasteiger partial charge in [0, 0.05) is 37.6 Å². The molecule has 0 atom stereocenters. The van der Waals surface area contributed by atoms with Crippen LogP contribution in [0.25, 0.3) is 0 Å². The number of nitrogen functional groups attached to an aromatic ring is 1. The van der Waals surface area contributed by atoms with Crippen molar-refractivity contribution in [3.63, 3.8) is 0 Å². The van der Waals surface area contributed by atoms with Gasteiger partial charge in [-0.3, -0.25) is 4.68 Å². The molecule has 2 rings (SSSR count). The molecule has 0 saturated carbocycles. The van der Waals surface area contributed by atoms with E-state index in [4.69, 9.17) is 5.84 Å². The molecule has 0 amide bonds. The highest BCUT2D eigenvalue weighted by Crippen LogP contribution is 2.13. The minimum absolute atomic E-state index is 0.104. The molecule has 0 bridgehead atoms. The average Bonchev–Trinajstić information content (AvgIpc) is 2.85. The maximum absolute atomic E-state index is 12.2. The van der Waals surface area contributed by atoms with Crippen molar-refractivity contribution in [2.24, 2.45) is 12.9 Å². The Morgan fingerprint density at radius 2 is 2.19 bits per heavy atom. The lowest BCUT2D eigenvalue weighted by Crippen LogP contribution is -2.24. The molecule has 0 aromatic carbocycles. The molecule has 9 heteroatoms. The van der Waals surface area contributed by atoms with E-state index in [0.29, 0.717) is 0 Å². The first kappa shape index (κ1) is 15.4. The Balaban J connectivity index is 2.17. The lowest BCUT2D eigenvalue weighted by Gasteiger charge is -2.07.